The summed E-state index contributed by atoms with van der Waals surface area (Å²) in [6, 6.07) is 19.9. The first-order valence-electron chi connectivity index (χ1n) is 11.4. The molecule has 0 amide bonds. The highest BCUT2D eigenvalue weighted by atomic mass is 32.2. The highest BCUT2D eigenvalue weighted by molar-refractivity contribution is 7.98. The molecule has 5 aromatic rings. The van der Waals surface area contributed by atoms with Gasteiger partial charge in [-0.15, -0.1) is 10.2 Å². The van der Waals surface area contributed by atoms with E-state index in [0.717, 1.165) is 40.0 Å². The van der Waals surface area contributed by atoms with Crippen LogP contribution in [0.4, 0.5) is 0 Å². The Balaban J connectivity index is 1.39. The maximum Gasteiger partial charge on any atom is 0.237 e. The molecule has 9 heteroatoms. The number of thioether (sulfide) groups is 1. The fourth-order valence-electron chi connectivity index (χ4n) is 3.59. The zero-order chi connectivity index (χ0) is 24.0. The van der Waals surface area contributed by atoms with Crippen LogP contribution in [0.15, 0.2) is 82.7 Å². The van der Waals surface area contributed by atoms with Gasteiger partial charge in [0.1, 0.15) is 5.75 Å². The first kappa shape index (κ1) is 22.8. The van der Waals surface area contributed by atoms with Crippen LogP contribution in [0.2, 0.25) is 0 Å². The Morgan fingerprint density at radius 1 is 0.886 bits per heavy atom. The molecule has 3 aromatic heterocycles. The highest BCUT2D eigenvalue weighted by Crippen LogP contribution is 2.30. The van der Waals surface area contributed by atoms with Crippen LogP contribution < -0.4 is 4.74 Å². The van der Waals surface area contributed by atoms with Crippen LogP contribution in [0, 0.1) is 0 Å². The number of nitrogens with zero attached hydrogens (tertiary/aromatic N) is 6. The summed E-state index contributed by atoms with van der Waals surface area (Å²) in [6.07, 6.45) is 4.49. The van der Waals surface area contributed by atoms with Crippen molar-refractivity contribution >= 4 is 11.8 Å². The minimum absolute atomic E-state index is 0.464. The Morgan fingerprint density at radius 2 is 1.66 bits per heavy atom. The molecule has 0 spiro atoms. The normalized spacial score (nSPS) is 11.0. The Kier molecular flexibility index (Phi) is 6.85. The molecule has 5 rings (SSSR count). The van der Waals surface area contributed by atoms with Crippen LogP contribution in [0.1, 0.15) is 25.3 Å². The van der Waals surface area contributed by atoms with Crippen LogP contribution in [0.25, 0.3) is 28.5 Å². The summed E-state index contributed by atoms with van der Waals surface area (Å²) in [7, 11) is 0. The molecule has 8 nitrogen and oxygen atoms in total. The largest absolute Gasteiger partial charge is 0.494 e. The van der Waals surface area contributed by atoms with E-state index >= 15 is 0 Å². The third-order valence-electron chi connectivity index (χ3n) is 5.39. The maximum absolute atomic E-state index is 5.51. The molecule has 0 atom stereocenters. The van der Waals surface area contributed by atoms with Gasteiger partial charge in [-0.2, -0.15) is 4.98 Å². The number of benzene rings is 2. The van der Waals surface area contributed by atoms with Gasteiger partial charge in [-0.1, -0.05) is 36.0 Å². The molecular weight excluding hydrogens is 460 g/mol. The summed E-state index contributed by atoms with van der Waals surface area (Å²) in [5, 5.41) is 13.8. The summed E-state index contributed by atoms with van der Waals surface area (Å²) in [6.45, 7) is 4.72. The number of aromatic nitrogens is 6. The van der Waals surface area contributed by atoms with Crippen LogP contribution in [-0.2, 0) is 12.2 Å². The Hall–Kier alpha value is -3.98. The molecule has 0 aliphatic heterocycles. The molecule has 0 radical (unpaired) electrons. The first-order valence-corrected chi connectivity index (χ1v) is 12.4. The van der Waals surface area contributed by atoms with E-state index in [4.69, 9.17) is 9.26 Å². The van der Waals surface area contributed by atoms with Gasteiger partial charge in [-0.25, -0.2) is 0 Å². The number of ether oxygens (including phenoxy) is 1. The fourth-order valence-corrected chi connectivity index (χ4v) is 4.38. The van der Waals surface area contributed by atoms with Crippen molar-refractivity contribution in [1.29, 1.82) is 0 Å². The lowest BCUT2D eigenvalue weighted by Gasteiger charge is -2.10. The van der Waals surface area contributed by atoms with Gasteiger partial charge >= 0.3 is 0 Å². The Bertz CT molecular complexity index is 1380. The lowest BCUT2D eigenvalue weighted by molar-refractivity contribution is 0.340. The van der Waals surface area contributed by atoms with E-state index < -0.39 is 0 Å². The number of rotatable bonds is 9. The summed E-state index contributed by atoms with van der Waals surface area (Å²) < 4.78 is 13.0. The highest BCUT2D eigenvalue weighted by Gasteiger charge is 2.18. The average Bonchev–Trinajstić information content (AvgIpc) is 3.56. The van der Waals surface area contributed by atoms with Crippen LogP contribution in [0.5, 0.6) is 5.75 Å². The maximum atomic E-state index is 5.51. The van der Waals surface area contributed by atoms with Crippen molar-refractivity contribution in [3.63, 3.8) is 0 Å². The van der Waals surface area contributed by atoms with E-state index in [-0.39, 0.29) is 0 Å². The molecule has 0 unspecified atom stereocenters. The van der Waals surface area contributed by atoms with E-state index in [2.05, 4.69) is 56.5 Å². The van der Waals surface area contributed by atoms with Gasteiger partial charge in [0.25, 0.3) is 0 Å². The van der Waals surface area contributed by atoms with Gasteiger partial charge in [0.15, 0.2) is 11.0 Å². The predicted molar refractivity (Wildman–Crippen MR) is 134 cm³/mol. The zero-order valence-electron chi connectivity index (χ0n) is 19.5. The lowest BCUT2D eigenvalue weighted by atomic mass is 10.1. The second-order valence-corrected chi connectivity index (χ2v) is 8.60. The van der Waals surface area contributed by atoms with Crippen molar-refractivity contribution in [1.82, 2.24) is 29.9 Å². The van der Waals surface area contributed by atoms with Crippen molar-refractivity contribution in [2.75, 3.05) is 6.61 Å². The molecule has 0 saturated carbocycles. The third-order valence-corrected chi connectivity index (χ3v) is 6.30. The van der Waals surface area contributed by atoms with Crippen molar-refractivity contribution in [2.24, 2.45) is 0 Å². The second kappa shape index (κ2) is 10.5. The van der Waals surface area contributed by atoms with Gasteiger partial charge in [0, 0.05) is 29.2 Å². The second-order valence-electron chi connectivity index (χ2n) is 7.66. The minimum atomic E-state index is 0.464. The molecular formula is C26H24N6O2S. The van der Waals surface area contributed by atoms with Crippen LogP contribution in [0.3, 0.4) is 0 Å². The standard InChI is InChI=1S/C26H24N6O2S/c1-3-18-5-9-21(10-6-18)32-25(20-13-15-27-16-14-20)29-30-26(32)35-17-23-28-24(31-34-23)19-7-11-22(12-8-19)33-4-2/h5-16H,3-4,17H2,1-2H3. The van der Waals surface area contributed by atoms with Crippen molar-refractivity contribution < 1.29 is 9.26 Å². The fraction of sp³-hybridized carbons (Fsp3) is 0.192. The molecule has 0 fully saturated rings. The monoisotopic (exact) mass is 484 g/mol. The number of hydrogen-bond donors (Lipinski definition) is 0. The van der Waals surface area contributed by atoms with E-state index in [9.17, 15) is 0 Å². The average molecular weight is 485 g/mol. The molecule has 2 aromatic carbocycles. The molecule has 35 heavy (non-hydrogen) atoms. The first-order chi connectivity index (χ1) is 17.2. The van der Waals surface area contributed by atoms with Crippen molar-refractivity contribution in [3.05, 3.63) is 84.5 Å². The van der Waals surface area contributed by atoms with E-state index in [1.54, 1.807) is 12.4 Å². The van der Waals surface area contributed by atoms with Crippen LogP contribution >= 0.6 is 11.8 Å². The molecule has 0 aliphatic carbocycles. The summed E-state index contributed by atoms with van der Waals surface area (Å²) in [4.78, 5) is 8.68. The number of hydrogen-bond acceptors (Lipinski definition) is 8. The van der Waals surface area contributed by atoms with Gasteiger partial charge in [-0.05, 0) is 67.4 Å². The molecule has 0 N–H and O–H groups in total. The van der Waals surface area contributed by atoms with E-state index in [0.29, 0.717) is 24.1 Å². The van der Waals surface area contributed by atoms with Crippen LogP contribution in [-0.4, -0.2) is 36.5 Å². The van der Waals surface area contributed by atoms with Gasteiger partial charge < -0.3 is 9.26 Å². The zero-order valence-corrected chi connectivity index (χ0v) is 20.3. The quantitative estimate of drug-likeness (QED) is 0.249. The predicted octanol–water partition coefficient (Wildman–Crippen LogP) is 5.63. The van der Waals surface area contributed by atoms with Gasteiger partial charge in [-0.3, -0.25) is 9.55 Å². The third kappa shape index (κ3) is 5.09. The summed E-state index contributed by atoms with van der Waals surface area (Å²) in [5.74, 6) is 3.08. The Morgan fingerprint density at radius 3 is 2.37 bits per heavy atom. The molecule has 0 bridgehead atoms. The molecule has 3 heterocycles. The Labute approximate surface area is 207 Å². The number of aryl methyl sites for hydroxylation is 1. The lowest BCUT2D eigenvalue weighted by Crippen LogP contribution is -2.00. The van der Waals surface area contributed by atoms with Crippen molar-refractivity contribution in [3.8, 4) is 34.2 Å². The van der Waals surface area contributed by atoms with E-state index in [1.807, 2.05) is 47.9 Å². The number of pyridine rings is 1. The van der Waals surface area contributed by atoms with Gasteiger partial charge in [0.05, 0.1) is 12.4 Å². The van der Waals surface area contributed by atoms with Crippen molar-refractivity contribution in [2.45, 2.75) is 31.2 Å². The molecule has 0 aliphatic rings. The minimum Gasteiger partial charge on any atom is -0.494 e. The topological polar surface area (TPSA) is 91.8 Å². The smallest absolute Gasteiger partial charge is 0.237 e. The SMILES string of the molecule is CCOc1ccc(-c2noc(CSc3nnc(-c4ccncc4)n3-c3ccc(CC)cc3)n2)cc1. The molecule has 176 valence electrons. The summed E-state index contributed by atoms with van der Waals surface area (Å²) in [5.41, 5.74) is 4.07. The van der Waals surface area contributed by atoms with Gasteiger partial charge in [0.2, 0.25) is 11.7 Å². The summed E-state index contributed by atoms with van der Waals surface area (Å²) >= 11 is 1.50. The molecule has 0 saturated heterocycles. The van der Waals surface area contributed by atoms with E-state index in [1.165, 1.54) is 17.3 Å².